The Hall–Kier alpha value is -1.75. The van der Waals surface area contributed by atoms with E-state index < -0.39 is 17.8 Å². The molecule has 5 heteroatoms. The summed E-state index contributed by atoms with van der Waals surface area (Å²) >= 11 is 0. The third kappa shape index (κ3) is 7.37. The van der Waals surface area contributed by atoms with E-state index in [-0.39, 0.29) is 12.1 Å². The minimum atomic E-state index is -0.720. The summed E-state index contributed by atoms with van der Waals surface area (Å²) in [6.07, 6.45) is 0.321. The number of para-hydroxylation sites is 1. The van der Waals surface area contributed by atoms with Gasteiger partial charge in [-0.05, 0) is 46.2 Å². The van der Waals surface area contributed by atoms with Gasteiger partial charge in [-0.25, -0.2) is 4.79 Å². The lowest BCUT2D eigenvalue weighted by Gasteiger charge is -2.30. The molecule has 0 fully saturated rings. The predicted molar refractivity (Wildman–Crippen MR) is 93.6 cm³/mol. The van der Waals surface area contributed by atoms with Crippen molar-refractivity contribution in [2.45, 2.75) is 71.2 Å². The van der Waals surface area contributed by atoms with Crippen molar-refractivity contribution in [3.8, 4) is 0 Å². The largest absolute Gasteiger partial charge is 0.444 e. The van der Waals surface area contributed by atoms with Crippen LogP contribution in [0.25, 0.3) is 0 Å². The zero-order chi connectivity index (χ0) is 17.5. The van der Waals surface area contributed by atoms with E-state index in [0.29, 0.717) is 6.42 Å². The van der Waals surface area contributed by atoms with Crippen LogP contribution in [-0.4, -0.2) is 35.0 Å². The molecular weight excluding hydrogens is 292 g/mol. The molecule has 23 heavy (non-hydrogen) atoms. The van der Waals surface area contributed by atoms with Crippen LogP contribution < -0.4 is 10.6 Å². The summed E-state index contributed by atoms with van der Waals surface area (Å²) in [6, 6.07) is 9.13. The number of rotatable bonds is 7. The highest BCUT2D eigenvalue weighted by Crippen LogP contribution is 2.14. The molecule has 0 radical (unpaired) electrons. The van der Waals surface area contributed by atoms with E-state index in [0.717, 1.165) is 12.1 Å². The van der Waals surface area contributed by atoms with E-state index in [1.807, 2.05) is 65.0 Å². The number of aliphatic hydroxyl groups is 1. The average Bonchev–Trinajstić information content (AvgIpc) is 2.45. The summed E-state index contributed by atoms with van der Waals surface area (Å²) < 4.78 is 5.28. The van der Waals surface area contributed by atoms with Gasteiger partial charge in [0.25, 0.3) is 0 Å². The lowest BCUT2D eigenvalue weighted by Crippen LogP contribution is -2.50. The molecule has 3 N–H and O–H groups in total. The molecule has 0 saturated carbocycles. The van der Waals surface area contributed by atoms with Crippen molar-refractivity contribution in [1.82, 2.24) is 5.32 Å². The summed E-state index contributed by atoms with van der Waals surface area (Å²) in [5, 5.41) is 16.6. The predicted octanol–water partition coefficient (Wildman–Crippen LogP) is 3.54. The van der Waals surface area contributed by atoms with Crippen LogP contribution in [0.5, 0.6) is 0 Å². The molecule has 0 aliphatic heterocycles. The molecule has 0 aliphatic rings. The molecular formula is C18H30N2O3. The molecule has 0 spiro atoms. The van der Waals surface area contributed by atoms with Gasteiger partial charge in [-0.3, -0.25) is 0 Å². The lowest BCUT2D eigenvalue weighted by atomic mass is 10.00. The first-order chi connectivity index (χ1) is 10.7. The highest BCUT2D eigenvalue weighted by atomic mass is 16.6. The van der Waals surface area contributed by atoms with Crippen molar-refractivity contribution in [3.63, 3.8) is 0 Å². The van der Waals surface area contributed by atoms with Gasteiger partial charge in [0.15, 0.2) is 0 Å². The summed E-state index contributed by atoms with van der Waals surface area (Å²) in [5.41, 5.74) is 0.381. The fraction of sp³-hybridized carbons (Fsp3) is 0.611. The number of carbonyl (C=O) groups excluding carboxylic acids is 1. The van der Waals surface area contributed by atoms with Crippen molar-refractivity contribution >= 4 is 11.8 Å². The first-order valence-electron chi connectivity index (χ1n) is 8.22. The topological polar surface area (TPSA) is 70.6 Å². The summed E-state index contributed by atoms with van der Waals surface area (Å²) in [5.74, 6) is 0. The third-order valence-corrected chi connectivity index (χ3v) is 3.39. The molecule has 130 valence electrons. The number of hydrogen-bond acceptors (Lipinski definition) is 4. The van der Waals surface area contributed by atoms with Crippen molar-refractivity contribution in [3.05, 3.63) is 30.3 Å². The van der Waals surface area contributed by atoms with Crippen LogP contribution in [0.4, 0.5) is 10.5 Å². The highest BCUT2D eigenvalue weighted by molar-refractivity contribution is 5.68. The highest BCUT2D eigenvalue weighted by Gasteiger charge is 2.27. The lowest BCUT2D eigenvalue weighted by molar-refractivity contribution is 0.0398. The molecule has 0 aliphatic carbocycles. The molecule has 3 unspecified atom stereocenters. The Balaban J connectivity index is 2.65. The summed E-state index contributed by atoms with van der Waals surface area (Å²) in [7, 11) is 0. The maximum absolute atomic E-state index is 12.0. The van der Waals surface area contributed by atoms with Gasteiger partial charge in [0.1, 0.15) is 5.60 Å². The van der Waals surface area contributed by atoms with Crippen LogP contribution in [-0.2, 0) is 4.74 Å². The number of aliphatic hydroxyl groups excluding tert-OH is 1. The SMILES string of the molecule is CCCC(NC(=O)OC(C)(C)C)C(O)C(C)Nc1ccccc1. The molecule has 0 aromatic heterocycles. The number of benzene rings is 1. The second-order valence-electron chi connectivity index (χ2n) is 6.83. The fourth-order valence-corrected chi connectivity index (χ4v) is 2.33. The average molecular weight is 322 g/mol. The number of amides is 1. The number of hydrogen-bond donors (Lipinski definition) is 3. The molecule has 0 saturated heterocycles. The second-order valence-corrected chi connectivity index (χ2v) is 6.83. The number of nitrogens with one attached hydrogen (secondary N) is 2. The Bertz CT molecular complexity index is 471. The van der Waals surface area contributed by atoms with Crippen LogP contribution in [0.15, 0.2) is 30.3 Å². The maximum atomic E-state index is 12.0. The summed E-state index contributed by atoms with van der Waals surface area (Å²) in [6.45, 7) is 9.37. The van der Waals surface area contributed by atoms with E-state index in [1.54, 1.807) is 0 Å². The quantitative estimate of drug-likeness (QED) is 0.718. The van der Waals surface area contributed by atoms with E-state index in [1.165, 1.54) is 0 Å². The number of anilines is 1. The van der Waals surface area contributed by atoms with Gasteiger partial charge in [0, 0.05) is 5.69 Å². The minimum Gasteiger partial charge on any atom is -0.444 e. The maximum Gasteiger partial charge on any atom is 0.407 e. The van der Waals surface area contributed by atoms with Crippen LogP contribution in [0.2, 0.25) is 0 Å². The van der Waals surface area contributed by atoms with Crippen LogP contribution in [0.3, 0.4) is 0 Å². The Morgan fingerprint density at radius 2 is 1.87 bits per heavy atom. The van der Waals surface area contributed by atoms with Crippen molar-refractivity contribution in [2.75, 3.05) is 5.32 Å². The van der Waals surface area contributed by atoms with E-state index in [4.69, 9.17) is 4.74 Å². The van der Waals surface area contributed by atoms with Gasteiger partial charge in [-0.15, -0.1) is 0 Å². The molecule has 1 rings (SSSR count). The monoisotopic (exact) mass is 322 g/mol. The van der Waals surface area contributed by atoms with E-state index in [9.17, 15) is 9.90 Å². The fourth-order valence-electron chi connectivity index (χ4n) is 2.33. The first kappa shape index (κ1) is 19.3. The Labute approximate surface area is 139 Å². The molecule has 0 heterocycles. The number of alkyl carbamates (subject to hydrolysis) is 1. The third-order valence-electron chi connectivity index (χ3n) is 3.39. The van der Waals surface area contributed by atoms with Gasteiger partial charge in [0.2, 0.25) is 0 Å². The van der Waals surface area contributed by atoms with Crippen molar-refractivity contribution in [1.29, 1.82) is 0 Å². The normalized spacial score (nSPS) is 15.4. The van der Waals surface area contributed by atoms with Gasteiger partial charge in [-0.1, -0.05) is 31.5 Å². The Kier molecular flexibility index (Phi) is 7.36. The van der Waals surface area contributed by atoms with Gasteiger partial charge < -0.3 is 20.5 Å². The molecule has 5 nitrogen and oxygen atoms in total. The Morgan fingerprint density at radius 1 is 1.26 bits per heavy atom. The molecule has 0 bridgehead atoms. The van der Waals surface area contributed by atoms with Gasteiger partial charge >= 0.3 is 6.09 Å². The zero-order valence-electron chi connectivity index (χ0n) is 14.8. The van der Waals surface area contributed by atoms with Crippen LogP contribution in [0, 0.1) is 0 Å². The van der Waals surface area contributed by atoms with Crippen molar-refractivity contribution in [2.24, 2.45) is 0 Å². The first-order valence-corrected chi connectivity index (χ1v) is 8.22. The van der Waals surface area contributed by atoms with E-state index in [2.05, 4.69) is 10.6 Å². The Morgan fingerprint density at radius 3 is 2.39 bits per heavy atom. The molecule has 1 aromatic rings. The van der Waals surface area contributed by atoms with Gasteiger partial charge in [-0.2, -0.15) is 0 Å². The zero-order valence-corrected chi connectivity index (χ0v) is 14.8. The smallest absolute Gasteiger partial charge is 0.407 e. The van der Waals surface area contributed by atoms with E-state index >= 15 is 0 Å². The molecule has 1 amide bonds. The van der Waals surface area contributed by atoms with Crippen molar-refractivity contribution < 1.29 is 14.6 Å². The van der Waals surface area contributed by atoms with Crippen LogP contribution >= 0.6 is 0 Å². The van der Waals surface area contributed by atoms with Crippen LogP contribution in [0.1, 0.15) is 47.5 Å². The molecule has 3 atom stereocenters. The van der Waals surface area contributed by atoms with Gasteiger partial charge in [0.05, 0.1) is 18.2 Å². The second kappa shape index (κ2) is 8.77. The summed E-state index contributed by atoms with van der Waals surface area (Å²) in [4.78, 5) is 12.0. The molecule has 1 aromatic carbocycles. The number of ether oxygens (including phenoxy) is 1. The minimum absolute atomic E-state index is 0.205. The standard InChI is InChI=1S/C18H30N2O3/c1-6-10-15(20-17(22)23-18(3,4)5)16(21)13(2)19-14-11-8-7-9-12-14/h7-9,11-13,15-16,19,21H,6,10H2,1-5H3,(H,20,22). The number of carbonyl (C=O) groups is 1.